The number of amides is 2. The first kappa shape index (κ1) is 19.8. The first-order chi connectivity index (χ1) is 13.7. The molecule has 2 heterocycles. The van der Waals surface area contributed by atoms with Crippen LogP contribution in [0, 0.1) is 0 Å². The molecule has 148 valence electrons. The van der Waals surface area contributed by atoms with E-state index in [1.807, 2.05) is 24.3 Å². The molecule has 1 aromatic heterocycles. The van der Waals surface area contributed by atoms with Crippen LogP contribution < -0.4 is 4.74 Å². The van der Waals surface area contributed by atoms with Gasteiger partial charge in [0.15, 0.2) is 6.61 Å². The number of hydrogen-bond donors (Lipinski definition) is 0. The molecule has 0 aliphatic carbocycles. The van der Waals surface area contributed by atoms with Crippen molar-refractivity contribution in [1.29, 1.82) is 0 Å². The molecule has 0 atom stereocenters. The number of aryl methyl sites for hydroxylation is 1. The molecule has 0 spiro atoms. The van der Waals surface area contributed by atoms with Gasteiger partial charge in [-0.1, -0.05) is 25.5 Å². The van der Waals surface area contributed by atoms with Crippen molar-refractivity contribution in [3.05, 3.63) is 54.1 Å². The van der Waals surface area contributed by atoms with Gasteiger partial charge in [0.2, 0.25) is 0 Å². The fourth-order valence-corrected chi connectivity index (χ4v) is 3.22. The first-order valence-corrected chi connectivity index (χ1v) is 9.72. The first-order valence-electron chi connectivity index (χ1n) is 9.72. The van der Waals surface area contributed by atoms with E-state index in [-0.39, 0.29) is 18.4 Å². The number of nitrogens with zero attached hydrogens (tertiary/aromatic N) is 4. The summed E-state index contributed by atoms with van der Waals surface area (Å²) in [7, 11) is 0. The average Bonchev–Trinajstić information content (AvgIpc) is 3.00. The molecule has 28 heavy (non-hydrogen) atoms. The third-order valence-electron chi connectivity index (χ3n) is 4.74. The van der Waals surface area contributed by atoms with Crippen LogP contribution in [-0.2, 0) is 11.2 Å². The summed E-state index contributed by atoms with van der Waals surface area (Å²) in [5.41, 5.74) is 1.60. The van der Waals surface area contributed by atoms with E-state index in [0.29, 0.717) is 37.6 Å². The lowest BCUT2D eigenvalue weighted by Gasteiger charge is -2.22. The molecule has 7 heteroatoms. The molecule has 0 bridgehead atoms. The molecular formula is C21H26N4O3. The van der Waals surface area contributed by atoms with Crippen molar-refractivity contribution in [2.45, 2.75) is 26.2 Å². The highest BCUT2D eigenvalue weighted by Crippen LogP contribution is 2.14. The van der Waals surface area contributed by atoms with E-state index in [1.54, 1.807) is 9.80 Å². The molecule has 0 saturated carbocycles. The molecule has 1 aromatic carbocycles. The normalized spacial score (nSPS) is 14.5. The molecule has 2 aromatic rings. The second kappa shape index (κ2) is 9.82. The zero-order chi connectivity index (χ0) is 19.8. The maximum atomic E-state index is 12.5. The second-order valence-corrected chi connectivity index (χ2v) is 6.80. The summed E-state index contributed by atoms with van der Waals surface area (Å²) in [5.74, 6) is 0.486. The fourth-order valence-electron chi connectivity index (χ4n) is 3.22. The Balaban J connectivity index is 1.49. The Morgan fingerprint density at radius 1 is 1.04 bits per heavy atom. The Hall–Kier alpha value is -2.96. The number of hydrogen-bond acceptors (Lipinski definition) is 5. The van der Waals surface area contributed by atoms with E-state index < -0.39 is 0 Å². The van der Waals surface area contributed by atoms with Gasteiger partial charge in [-0.05, 0) is 30.5 Å². The number of aromatic nitrogens is 2. The van der Waals surface area contributed by atoms with Crippen molar-refractivity contribution < 1.29 is 14.3 Å². The van der Waals surface area contributed by atoms with Gasteiger partial charge in [0.1, 0.15) is 11.4 Å². The standard InChI is InChI=1S/C21H26N4O3/c1-2-4-17-5-7-18(8-6-17)28-16-20(26)24-11-3-12-25(14-13-24)21(27)19-15-22-9-10-23-19/h5-10,15H,2-4,11-14,16H2,1H3. The Morgan fingerprint density at radius 3 is 2.50 bits per heavy atom. The van der Waals surface area contributed by atoms with Crippen molar-refractivity contribution in [3.8, 4) is 5.75 Å². The van der Waals surface area contributed by atoms with Crippen LogP contribution in [0.5, 0.6) is 5.75 Å². The minimum Gasteiger partial charge on any atom is -0.484 e. The molecule has 1 aliphatic rings. The number of benzene rings is 1. The lowest BCUT2D eigenvalue weighted by Crippen LogP contribution is -2.39. The monoisotopic (exact) mass is 382 g/mol. The van der Waals surface area contributed by atoms with Gasteiger partial charge in [0.05, 0.1) is 6.20 Å². The molecule has 2 amide bonds. The minimum absolute atomic E-state index is 0.00519. The van der Waals surface area contributed by atoms with Gasteiger partial charge in [-0.3, -0.25) is 14.6 Å². The summed E-state index contributed by atoms with van der Waals surface area (Å²) >= 11 is 0. The molecule has 1 aliphatic heterocycles. The minimum atomic E-state index is -0.147. The smallest absolute Gasteiger partial charge is 0.274 e. The maximum absolute atomic E-state index is 12.5. The molecule has 7 nitrogen and oxygen atoms in total. The van der Waals surface area contributed by atoms with E-state index in [0.717, 1.165) is 19.3 Å². The van der Waals surface area contributed by atoms with Gasteiger partial charge in [-0.15, -0.1) is 0 Å². The third kappa shape index (κ3) is 5.28. The van der Waals surface area contributed by atoms with Gasteiger partial charge in [-0.2, -0.15) is 0 Å². The van der Waals surface area contributed by atoms with E-state index in [1.165, 1.54) is 24.2 Å². The van der Waals surface area contributed by atoms with Crippen molar-refractivity contribution >= 4 is 11.8 Å². The highest BCUT2D eigenvalue weighted by atomic mass is 16.5. The van der Waals surface area contributed by atoms with Crippen LogP contribution in [0.25, 0.3) is 0 Å². The molecule has 0 unspecified atom stereocenters. The van der Waals surface area contributed by atoms with Crippen LogP contribution in [0.3, 0.4) is 0 Å². The Morgan fingerprint density at radius 2 is 1.79 bits per heavy atom. The van der Waals surface area contributed by atoms with Crippen LogP contribution in [0.15, 0.2) is 42.9 Å². The van der Waals surface area contributed by atoms with Crippen LogP contribution in [0.4, 0.5) is 0 Å². The van der Waals surface area contributed by atoms with Crippen LogP contribution in [0.1, 0.15) is 35.8 Å². The van der Waals surface area contributed by atoms with E-state index >= 15 is 0 Å². The SMILES string of the molecule is CCCc1ccc(OCC(=O)N2CCCN(C(=O)c3cnccn3)CC2)cc1. The van der Waals surface area contributed by atoms with Gasteiger partial charge >= 0.3 is 0 Å². The molecule has 1 saturated heterocycles. The molecule has 1 fully saturated rings. The lowest BCUT2D eigenvalue weighted by atomic mass is 10.1. The van der Waals surface area contributed by atoms with Crippen molar-refractivity contribution in [2.24, 2.45) is 0 Å². The van der Waals surface area contributed by atoms with Crippen LogP contribution in [-0.4, -0.2) is 64.4 Å². The van der Waals surface area contributed by atoms with E-state index in [9.17, 15) is 9.59 Å². The molecule has 0 radical (unpaired) electrons. The summed E-state index contributed by atoms with van der Waals surface area (Å²) < 4.78 is 5.65. The summed E-state index contributed by atoms with van der Waals surface area (Å²) in [6, 6.07) is 7.88. The van der Waals surface area contributed by atoms with Crippen molar-refractivity contribution in [1.82, 2.24) is 19.8 Å². The maximum Gasteiger partial charge on any atom is 0.274 e. The average molecular weight is 382 g/mol. The molecule has 3 rings (SSSR count). The quantitative estimate of drug-likeness (QED) is 0.765. The third-order valence-corrected chi connectivity index (χ3v) is 4.74. The second-order valence-electron chi connectivity index (χ2n) is 6.80. The predicted molar refractivity (Wildman–Crippen MR) is 105 cm³/mol. The van der Waals surface area contributed by atoms with Crippen LogP contribution >= 0.6 is 0 Å². The predicted octanol–water partition coefficient (Wildman–Crippen LogP) is 2.18. The van der Waals surface area contributed by atoms with Gasteiger partial charge in [0, 0.05) is 38.6 Å². The summed E-state index contributed by atoms with van der Waals surface area (Å²) in [6.45, 7) is 4.33. The van der Waals surface area contributed by atoms with Gasteiger partial charge in [0.25, 0.3) is 11.8 Å². The van der Waals surface area contributed by atoms with Crippen molar-refractivity contribution in [2.75, 3.05) is 32.8 Å². The summed E-state index contributed by atoms with van der Waals surface area (Å²) in [6.07, 6.45) is 7.38. The van der Waals surface area contributed by atoms with E-state index in [2.05, 4.69) is 16.9 Å². The Labute approximate surface area is 165 Å². The van der Waals surface area contributed by atoms with Crippen LogP contribution in [0.2, 0.25) is 0 Å². The zero-order valence-corrected chi connectivity index (χ0v) is 16.2. The Bertz CT molecular complexity index is 780. The largest absolute Gasteiger partial charge is 0.484 e. The topological polar surface area (TPSA) is 75.6 Å². The molecular weight excluding hydrogens is 356 g/mol. The fraction of sp³-hybridized carbons (Fsp3) is 0.429. The van der Waals surface area contributed by atoms with Crippen molar-refractivity contribution in [3.63, 3.8) is 0 Å². The highest BCUT2D eigenvalue weighted by Gasteiger charge is 2.23. The van der Waals surface area contributed by atoms with E-state index in [4.69, 9.17) is 4.74 Å². The number of carbonyl (C=O) groups excluding carboxylic acids is 2. The lowest BCUT2D eigenvalue weighted by molar-refractivity contribution is -0.133. The molecule has 0 N–H and O–H groups in total. The zero-order valence-electron chi connectivity index (χ0n) is 16.2. The number of rotatable bonds is 6. The number of ether oxygens (including phenoxy) is 1. The summed E-state index contributed by atoms with van der Waals surface area (Å²) in [5, 5.41) is 0. The number of carbonyl (C=O) groups is 2. The Kier molecular flexibility index (Phi) is 6.94. The summed E-state index contributed by atoms with van der Waals surface area (Å²) in [4.78, 5) is 36.5. The highest BCUT2D eigenvalue weighted by molar-refractivity contribution is 5.92. The van der Waals surface area contributed by atoms with Gasteiger partial charge in [-0.25, -0.2) is 4.98 Å². The van der Waals surface area contributed by atoms with Gasteiger partial charge < -0.3 is 14.5 Å².